The number of nitrogens with zero attached hydrogens (tertiary/aromatic N) is 5. The van der Waals surface area contributed by atoms with E-state index in [-0.39, 0.29) is 0 Å². The van der Waals surface area contributed by atoms with Crippen molar-refractivity contribution in [1.82, 2.24) is 24.3 Å². The molecule has 0 aliphatic heterocycles. The number of hydrogen-bond acceptors (Lipinski definition) is 4. The van der Waals surface area contributed by atoms with Crippen molar-refractivity contribution in [3.63, 3.8) is 0 Å². The normalized spacial score (nSPS) is 11.0. The number of benzene rings is 1. The molecule has 0 amide bonds. The van der Waals surface area contributed by atoms with Crippen LogP contribution in [0.2, 0.25) is 0 Å². The highest BCUT2D eigenvalue weighted by atomic mass is 15.0. The maximum Gasteiger partial charge on any atom is 0.159 e. The molecule has 0 bridgehead atoms. The van der Waals surface area contributed by atoms with Gasteiger partial charge in [0.25, 0.3) is 0 Å². The van der Waals surface area contributed by atoms with Gasteiger partial charge in [-0.2, -0.15) is 0 Å². The van der Waals surface area contributed by atoms with Crippen molar-refractivity contribution in [2.45, 2.75) is 6.92 Å². The Kier molecular flexibility index (Phi) is 3.91. The van der Waals surface area contributed by atoms with Crippen LogP contribution in [-0.4, -0.2) is 24.3 Å². The number of fused-ring (bicyclic) bond motifs is 1. The van der Waals surface area contributed by atoms with E-state index in [1.807, 2.05) is 85.9 Å². The van der Waals surface area contributed by atoms with E-state index < -0.39 is 0 Å². The topological polar surface area (TPSA) is 56.0 Å². The fourth-order valence-corrected chi connectivity index (χ4v) is 3.31. The fraction of sp³-hybridized carbons (Fsp3) is 0.0435. The SMILES string of the molecule is Cc1cccc(-c2nc3ccccn3c2-c2ccnc(-c3ccccc3)n2)n1. The average molecular weight is 363 g/mol. The lowest BCUT2D eigenvalue weighted by molar-refractivity contribution is 1.13. The summed E-state index contributed by atoms with van der Waals surface area (Å²) in [7, 11) is 0. The molecule has 5 heteroatoms. The molecule has 0 saturated heterocycles. The lowest BCUT2D eigenvalue weighted by Crippen LogP contribution is -1.96. The highest BCUT2D eigenvalue weighted by molar-refractivity contribution is 5.79. The second-order valence-corrected chi connectivity index (χ2v) is 6.53. The second-order valence-electron chi connectivity index (χ2n) is 6.53. The molecule has 28 heavy (non-hydrogen) atoms. The van der Waals surface area contributed by atoms with Crippen LogP contribution in [0.1, 0.15) is 5.69 Å². The zero-order valence-corrected chi connectivity index (χ0v) is 15.3. The molecular weight excluding hydrogens is 346 g/mol. The van der Waals surface area contributed by atoms with Crippen molar-refractivity contribution in [1.29, 1.82) is 0 Å². The van der Waals surface area contributed by atoms with Crippen molar-refractivity contribution in [2.75, 3.05) is 0 Å². The van der Waals surface area contributed by atoms with Gasteiger partial charge in [-0.15, -0.1) is 0 Å². The van der Waals surface area contributed by atoms with Crippen LogP contribution in [0, 0.1) is 6.92 Å². The van der Waals surface area contributed by atoms with E-state index in [2.05, 4.69) is 14.4 Å². The van der Waals surface area contributed by atoms with Gasteiger partial charge in [-0.25, -0.2) is 15.0 Å². The molecule has 0 atom stereocenters. The van der Waals surface area contributed by atoms with Crippen LogP contribution in [0.25, 0.3) is 39.8 Å². The molecule has 0 saturated carbocycles. The Bertz CT molecular complexity index is 1270. The van der Waals surface area contributed by atoms with E-state index in [4.69, 9.17) is 9.97 Å². The third-order valence-corrected chi connectivity index (χ3v) is 4.59. The summed E-state index contributed by atoms with van der Waals surface area (Å²) in [5, 5.41) is 0. The number of aromatic nitrogens is 5. The van der Waals surface area contributed by atoms with Crippen LogP contribution in [0.15, 0.2) is 85.2 Å². The predicted octanol–water partition coefficient (Wildman–Crippen LogP) is 4.83. The summed E-state index contributed by atoms with van der Waals surface area (Å²) in [6.07, 6.45) is 3.79. The molecule has 0 aliphatic carbocycles. The Morgan fingerprint density at radius 3 is 2.43 bits per heavy atom. The number of pyridine rings is 2. The largest absolute Gasteiger partial charge is 0.298 e. The smallest absolute Gasteiger partial charge is 0.159 e. The van der Waals surface area contributed by atoms with Gasteiger partial charge in [0.15, 0.2) is 5.82 Å². The second kappa shape index (κ2) is 6.70. The maximum absolute atomic E-state index is 4.84. The van der Waals surface area contributed by atoms with Crippen molar-refractivity contribution in [2.24, 2.45) is 0 Å². The molecular formula is C23H17N5. The zero-order valence-electron chi connectivity index (χ0n) is 15.3. The molecule has 0 N–H and O–H groups in total. The summed E-state index contributed by atoms with van der Waals surface area (Å²) in [5.41, 5.74) is 6.16. The van der Waals surface area contributed by atoms with E-state index in [1.54, 1.807) is 6.20 Å². The molecule has 0 fully saturated rings. The summed E-state index contributed by atoms with van der Waals surface area (Å²) in [4.78, 5) is 18.8. The molecule has 0 spiro atoms. The number of aryl methyl sites for hydroxylation is 1. The predicted molar refractivity (Wildman–Crippen MR) is 110 cm³/mol. The average Bonchev–Trinajstić information content (AvgIpc) is 3.14. The molecule has 134 valence electrons. The van der Waals surface area contributed by atoms with Gasteiger partial charge in [0.2, 0.25) is 0 Å². The Hall–Kier alpha value is -3.86. The first-order valence-corrected chi connectivity index (χ1v) is 9.09. The van der Waals surface area contributed by atoms with Gasteiger partial charge >= 0.3 is 0 Å². The monoisotopic (exact) mass is 363 g/mol. The minimum Gasteiger partial charge on any atom is -0.298 e. The molecule has 1 aromatic carbocycles. The minimum absolute atomic E-state index is 0.687. The summed E-state index contributed by atoms with van der Waals surface area (Å²) < 4.78 is 2.05. The molecule has 5 aromatic rings. The van der Waals surface area contributed by atoms with Gasteiger partial charge in [-0.05, 0) is 37.3 Å². The first kappa shape index (κ1) is 16.3. The van der Waals surface area contributed by atoms with Crippen LogP contribution < -0.4 is 0 Å². The highest BCUT2D eigenvalue weighted by Crippen LogP contribution is 2.31. The van der Waals surface area contributed by atoms with Gasteiger partial charge < -0.3 is 0 Å². The van der Waals surface area contributed by atoms with Crippen molar-refractivity contribution >= 4 is 5.65 Å². The number of imidazole rings is 1. The van der Waals surface area contributed by atoms with E-state index in [0.717, 1.165) is 39.7 Å². The summed E-state index contributed by atoms with van der Waals surface area (Å²) in [5.74, 6) is 0.687. The van der Waals surface area contributed by atoms with Crippen LogP contribution >= 0.6 is 0 Å². The minimum atomic E-state index is 0.687. The summed E-state index contributed by atoms with van der Waals surface area (Å²) in [6, 6.07) is 23.8. The Balaban J connectivity index is 1.76. The first-order valence-electron chi connectivity index (χ1n) is 9.09. The lowest BCUT2D eigenvalue weighted by Gasteiger charge is -2.07. The molecule has 5 rings (SSSR count). The van der Waals surface area contributed by atoms with Crippen molar-refractivity contribution in [3.8, 4) is 34.2 Å². The third-order valence-electron chi connectivity index (χ3n) is 4.59. The van der Waals surface area contributed by atoms with Crippen LogP contribution in [-0.2, 0) is 0 Å². The molecule has 0 unspecified atom stereocenters. The Labute approximate surface area is 162 Å². The van der Waals surface area contributed by atoms with Crippen molar-refractivity contribution < 1.29 is 0 Å². The molecule has 4 aromatic heterocycles. The van der Waals surface area contributed by atoms with Gasteiger partial charge in [0.05, 0.1) is 11.4 Å². The van der Waals surface area contributed by atoms with E-state index in [1.165, 1.54) is 0 Å². The van der Waals surface area contributed by atoms with Gasteiger partial charge in [0.1, 0.15) is 17.0 Å². The van der Waals surface area contributed by atoms with Crippen LogP contribution in [0.3, 0.4) is 0 Å². The quantitative estimate of drug-likeness (QED) is 0.461. The first-order chi connectivity index (χ1) is 13.8. The fourth-order valence-electron chi connectivity index (χ4n) is 3.31. The molecule has 4 heterocycles. The van der Waals surface area contributed by atoms with Gasteiger partial charge in [-0.3, -0.25) is 9.38 Å². The van der Waals surface area contributed by atoms with Crippen LogP contribution in [0.5, 0.6) is 0 Å². The van der Waals surface area contributed by atoms with E-state index in [0.29, 0.717) is 5.82 Å². The van der Waals surface area contributed by atoms with Gasteiger partial charge in [0, 0.05) is 23.7 Å². The van der Waals surface area contributed by atoms with Crippen LogP contribution in [0.4, 0.5) is 0 Å². The van der Waals surface area contributed by atoms with E-state index >= 15 is 0 Å². The van der Waals surface area contributed by atoms with Gasteiger partial charge in [-0.1, -0.05) is 42.5 Å². The Morgan fingerprint density at radius 1 is 0.714 bits per heavy atom. The summed E-state index contributed by atoms with van der Waals surface area (Å²) >= 11 is 0. The van der Waals surface area contributed by atoms with E-state index in [9.17, 15) is 0 Å². The summed E-state index contributed by atoms with van der Waals surface area (Å²) in [6.45, 7) is 1.98. The highest BCUT2D eigenvalue weighted by Gasteiger charge is 2.18. The number of rotatable bonds is 3. The maximum atomic E-state index is 4.84. The standard InChI is InChI=1S/C23H17N5/c1-16-8-7-11-18(25-16)21-22(28-15-6-5-12-20(28)27-21)19-13-14-24-23(26-19)17-9-3-2-4-10-17/h2-15H,1H3. The van der Waals surface area contributed by atoms with Crippen molar-refractivity contribution in [3.05, 3.63) is 90.9 Å². The molecule has 5 nitrogen and oxygen atoms in total. The Morgan fingerprint density at radius 2 is 1.57 bits per heavy atom. The molecule has 0 aliphatic rings. The lowest BCUT2D eigenvalue weighted by atomic mass is 10.1. The zero-order chi connectivity index (χ0) is 18.9. The third kappa shape index (κ3) is 2.83. The molecule has 0 radical (unpaired) electrons. The number of hydrogen-bond donors (Lipinski definition) is 0.